The molecular formula is C41H68N4O8. The molecule has 1 aliphatic rings. The SMILES string of the molecule is CCC(C)[C@H](CCC(=O)[C@@H](NC(=O)[C@@H](NC)C(C)C)C(C)C)C(CC(=O)N1CCC[C@H]1C(OC)[C@@H](C)C(=O)N[C@@H](Cc1ccccc1C)C(=O)O)OC. The minimum Gasteiger partial charge on any atom is -0.480 e. The molecule has 1 aliphatic heterocycles. The molecule has 12 nitrogen and oxygen atoms in total. The summed E-state index contributed by atoms with van der Waals surface area (Å²) in [5, 5.41) is 18.7. The summed E-state index contributed by atoms with van der Waals surface area (Å²) < 4.78 is 11.9. The number of ether oxygens (including phenoxy) is 2. The van der Waals surface area contributed by atoms with Crippen molar-refractivity contribution in [1.29, 1.82) is 0 Å². The van der Waals surface area contributed by atoms with E-state index in [4.69, 9.17) is 9.47 Å². The Balaban J connectivity index is 2.17. The molecule has 300 valence electrons. The van der Waals surface area contributed by atoms with Gasteiger partial charge in [0.05, 0.1) is 42.7 Å². The van der Waals surface area contributed by atoms with E-state index in [1.807, 2.05) is 58.9 Å². The number of likely N-dealkylation sites (tertiary alicyclic amines) is 1. The lowest BCUT2D eigenvalue weighted by molar-refractivity contribution is -0.145. The molecule has 2 rings (SSSR count). The Morgan fingerprint density at radius 1 is 0.925 bits per heavy atom. The Kier molecular flexibility index (Phi) is 19.1. The molecule has 3 unspecified atom stereocenters. The van der Waals surface area contributed by atoms with Crippen LogP contribution in [0.15, 0.2) is 24.3 Å². The maximum Gasteiger partial charge on any atom is 0.326 e. The van der Waals surface area contributed by atoms with Crippen LogP contribution in [0.4, 0.5) is 0 Å². The molecule has 0 spiro atoms. The molecule has 0 bridgehead atoms. The van der Waals surface area contributed by atoms with Crippen molar-refractivity contribution in [3.05, 3.63) is 35.4 Å². The molecule has 0 radical (unpaired) electrons. The molecule has 0 saturated carbocycles. The molecule has 12 heteroatoms. The van der Waals surface area contributed by atoms with E-state index in [0.29, 0.717) is 19.4 Å². The monoisotopic (exact) mass is 745 g/mol. The smallest absolute Gasteiger partial charge is 0.326 e. The van der Waals surface area contributed by atoms with Gasteiger partial charge in [-0.3, -0.25) is 19.2 Å². The average molecular weight is 745 g/mol. The number of carbonyl (C=O) groups is 5. The molecule has 53 heavy (non-hydrogen) atoms. The van der Waals surface area contributed by atoms with Gasteiger partial charge in [-0.2, -0.15) is 0 Å². The van der Waals surface area contributed by atoms with Crippen LogP contribution < -0.4 is 16.0 Å². The average Bonchev–Trinajstić information content (AvgIpc) is 3.60. The number of nitrogens with zero attached hydrogens (tertiary/aromatic N) is 1. The lowest BCUT2D eigenvalue weighted by atomic mass is 9.80. The van der Waals surface area contributed by atoms with Crippen molar-refractivity contribution in [2.45, 2.75) is 137 Å². The van der Waals surface area contributed by atoms with E-state index in [1.165, 1.54) is 7.11 Å². The molecule has 1 heterocycles. The normalized spacial score (nSPS) is 19.2. The number of carbonyl (C=O) groups excluding carboxylic acids is 4. The summed E-state index contributed by atoms with van der Waals surface area (Å²) in [5.74, 6) is -2.61. The highest BCUT2D eigenvalue weighted by Gasteiger charge is 2.42. The van der Waals surface area contributed by atoms with Gasteiger partial charge in [0.25, 0.3) is 0 Å². The van der Waals surface area contributed by atoms with Crippen LogP contribution in [0.3, 0.4) is 0 Å². The minimum absolute atomic E-state index is 0.0414. The summed E-state index contributed by atoms with van der Waals surface area (Å²) >= 11 is 0. The summed E-state index contributed by atoms with van der Waals surface area (Å²) in [6, 6.07) is 4.96. The lowest BCUT2D eigenvalue weighted by Crippen LogP contribution is -2.53. The van der Waals surface area contributed by atoms with Crippen molar-refractivity contribution < 1.29 is 38.6 Å². The largest absolute Gasteiger partial charge is 0.480 e. The number of carboxylic acids is 1. The van der Waals surface area contributed by atoms with Gasteiger partial charge in [0.15, 0.2) is 5.78 Å². The second-order valence-corrected chi connectivity index (χ2v) is 15.6. The van der Waals surface area contributed by atoms with Crippen LogP contribution in [0, 0.1) is 36.5 Å². The third kappa shape index (κ3) is 12.9. The van der Waals surface area contributed by atoms with E-state index in [9.17, 15) is 29.1 Å². The van der Waals surface area contributed by atoms with Gasteiger partial charge in [0.1, 0.15) is 6.04 Å². The zero-order valence-electron chi connectivity index (χ0n) is 34.1. The summed E-state index contributed by atoms with van der Waals surface area (Å²) in [5.41, 5.74) is 1.79. The first-order valence-electron chi connectivity index (χ1n) is 19.5. The van der Waals surface area contributed by atoms with Crippen molar-refractivity contribution in [3.63, 3.8) is 0 Å². The van der Waals surface area contributed by atoms with E-state index in [2.05, 4.69) is 29.8 Å². The second-order valence-electron chi connectivity index (χ2n) is 15.6. The number of carboxylic acid groups (broad SMARTS) is 1. The van der Waals surface area contributed by atoms with Crippen LogP contribution in [-0.2, 0) is 39.9 Å². The second kappa shape index (κ2) is 22.1. The van der Waals surface area contributed by atoms with Crippen molar-refractivity contribution >= 4 is 29.5 Å². The fourth-order valence-electron chi connectivity index (χ4n) is 7.78. The highest BCUT2D eigenvalue weighted by Crippen LogP contribution is 2.32. The molecule has 0 aromatic heterocycles. The summed E-state index contributed by atoms with van der Waals surface area (Å²) in [7, 11) is 4.85. The number of amides is 3. The van der Waals surface area contributed by atoms with E-state index in [-0.39, 0.29) is 66.6 Å². The number of methoxy groups -OCH3 is 2. The fourth-order valence-corrected chi connectivity index (χ4v) is 7.78. The van der Waals surface area contributed by atoms with E-state index in [0.717, 1.165) is 24.0 Å². The maximum absolute atomic E-state index is 14.1. The van der Waals surface area contributed by atoms with Crippen LogP contribution in [0.25, 0.3) is 0 Å². The van der Waals surface area contributed by atoms with Gasteiger partial charge in [0, 0.05) is 33.6 Å². The van der Waals surface area contributed by atoms with Crippen LogP contribution >= 0.6 is 0 Å². The zero-order valence-corrected chi connectivity index (χ0v) is 34.1. The number of rotatable bonds is 23. The number of Topliss-reactive ketones (excluding diaryl/α,β-unsaturated/α-hetero) is 1. The summed E-state index contributed by atoms with van der Waals surface area (Å²) in [6.07, 6.45) is 2.11. The first-order valence-corrected chi connectivity index (χ1v) is 19.5. The van der Waals surface area contributed by atoms with Gasteiger partial charge in [-0.05, 0) is 68.0 Å². The standard InChI is InChI=1S/C41H68N4O8/c1-12-26(6)30(19-20-33(46)36(24(2)3)44-40(49)37(42-9)25(4)5)34(52-10)23-35(47)45-21-15-18-32(45)38(53-11)28(8)39(48)43-31(41(50)51)22-29-17-14-13-16-27(29)7/h13-14,16-17,24-26,28,30-32,34,36-38,42H,12,15,18-23H2,1-11H3,(H,43,48)(H,44,49)(H,50,51)/t26?,28-,30+,31+,32+,34?,36+,37+,38?/m1/s1. The molecule has 0 aliphatic carbocycles. The van der Waals surface area contributed by atoms with Crippen LogP contribution in [-0.4, -0.2) is 104 Å². The van der Waals surface area contributed by atoms with E-state index >= 15 is 0 Å². The quantitative estimate of drug-likeness (QED) is 0.126. The molecule has 9 atom stereocenters. The number of likely N-dealkylation sites (N-methyl/N-ethyl adjacent to an activating group) is 1. The van der Waals surface area contributed by atoms with Crippen molar-refractivity contribution in [1.82, 2.24) is 20.9 Å². The number of aryl methyl sites for hydroxylation is 1. The predicted octanol–water partition coefficient (Wildman–Crippen LogP) is 4.55. The number of aliphatic carboxylic acids is 1. The van der Waals surface area contributed by atoms with Crippen LogP contribution in [0.5, 0.6) is 0 Å². The molecule has 1 saturated heterocycles. The van der Waals surface area contributed by atoms with Gasteiger partial charge >= 0.3 is 5.97 Å². The van der Waals surface area contributed by atoms with E-state index < -0.39 is 48.1 Å². The highest BCUT2D eigenvalue weighted by molar-refractivity contribution is 5.91. The minimum atomic E-state index is -1.12. The molecule has 1 aromatic rings. The summed E-state index contributed by atoms with van der Waals surface area (Å²) in [6.45, 7) is 16.1. The summed E-state index contributed by atoms with van der Waals surface area (Å²) in [4.78, 5) is 68.1. The van der Waals surface area contributed by atoms with Crippen molar-refractivity contribution in [2.75, 3.05) is 27.8 Å². The zero-order chi connectivity index (χ0) is 40.0. The third-order valence-electron chi connectivity index (χ3n) is 11.3. The number of hydrogen-bond donors (Lipinski definition) is 4. The Labute approximate surface area is 317 Å². The molecular weight excluding hydrogens is 676 g/mol. The van der Waals surface area contributed by atoms with Gasteiger partial charge in [-0.1, -0.05) is 79.2 Å². The molecule has 4 N–H and O–H groups in total. The number of hydrogen-bond acceptors (Lipinski definition) is 8. The topological polar surface area (TPSA) is 163 Å². The Hall–Kier alpha value is -3.35. The molecule has 1 fully saturated rings. The van der Waals surface area contributed by atoms with Crippen LogP contribution in [0.1, 0.15) is 98.1 Å². The van der Waals surface area contributed by atoms with Gasteiger partial charge in [0.2, 0.25) is 17.7 Å². The number of benzene rings is 1. The number of ketones is 1. The number of nitrogens with one attached hydrogen (secondary N) is 3. The lowest BCUT2D eigenvalue weighted by Gasteiger charge is -2.36. The Bertz CT molecular complexity index is 1350. The first-order chi connectivity index (χ1) is 25.0. The Morgan fingerprint density at radius 3 is 2.09 bits per heavy atom. The van der Waals surface area contributed by atoms with Crippen molar-refractivity contribution in [2.24, 2.45) is 29.6 Å². The molecule has 3 amide bonds. The van der Waals surface area contributed by atoms with Crippen LogP contribution in [0.2, 0.25) is 0 Å². The maximum atomic E-state index is 14.1. The highest BCUT2D eigenvalue weighted by atomic mass is 16.5. The van der Waals surface area contributed by atoms with Gasteiger partial charge in [-0.25, -0.2) is 4.79 Å². The Morgan fingerprint density at radius 2 is 1.57 bits per heavy atom. The first kappa shape index (κ1) is 45.8. The van der Waals surface area contributed by atoms with Gasteiger partial charge < -0.3 is 35.4 Å². The third-order valence-corrected chi connectivity index (χ3v) is 11.3. The van der Waals surface area contributed by atoms with E-state index in [1.54, 1.807) is 26.0 Å². The molecule has 1 aromatic carbocycles. The van der Waals surface area contributed by atoms with Gasteiger partial charge in [-0.15, -0.1) is 0 Å². The predicted molar refractivity (Wildman–Crippen MR) is 206 cm³/mol. The van der Waals surface area contributed by atoms with Crippen molar-refractivity contribution in [3.8, 4) is 0 Å². The fraction of sp³-hybridized carbons (Fsp3) is 0.732.